The SMILES string of the molecule is Cc1[nH]cc2c1C(=O)c1c(ccc([C@H]3C[C@@H](N(C)C)[C@H](O)[C@@H](C)O3)c1O)C2=O. The van der Waals surface area contributed by atoms with E-state index in [4.69, 9.17) is 4.74 Å². The lowest BCUT2D eigenvalue weighted by Crippen LogP contribution is -2.50. The first-order valence-electron chi connectivity index (χ1n) is 9.35. The van der Waals surface area contributed by atoms with Gasteiger partial charge in [0.15, 0.2) is 11.6 Å². The summed E-state index contributed by atoms with van der Waals surface area (Å²) in [5.74, 6) is -0.862. The third kappa shape index (κ3) is 2.62. The monoisotopic (exact) mass is 384 g/mol. The number of hydrogen-bond acceptors (Lipinski definition) is 6. The summed E-state index contributed by atoms with van der Waals surface area (Å²) in [6.45, 7) is 3.51. The molecule has 1 aromatic heterocycles. The lowest BCUT2D eigenvalue weighted by molar-refractivity contribution is -0.142. The van der Waals surface area contributed by atoms with Crippen LogP contribution in [0.2, 0.25) is 0 Å². The summed E-state index contributed by atoms with van der Waals surface area (Å²) < 4.78 is 5.94. The normalized spacial score (nSPS) is 27.1. The van der Waals surface area contributed by atoms with Crippen LogP contribution in [0.15, 0.2) is 18.3 Å². The molecule has 4 atom stereocenters. The Morgan fingerprint density at radius 2 is 1.86 bits per heavy atom. The van der Waals surface area contributed by atoms with Crippen LogP contribution in [0.3, 0.4) is 0 Å². The number of likely N-dealkylation sites (N-methyl/N-ethyl adjacent to an activating group) is 1. The molecule has 1 saturated heterocycles. The Morgan fingerprint density at radius 1 is 1.14 bits per heavy atom. The van der Waals surface area contributed by atoms with E-state index in [1.54, 1.807) is 26.0 Å². The molecule has 0 spiro atoms. The number of phenolic OH excluding ortho intramolecular Hbond substituents is 1. The zero-order valence-corrected chi connectivity index (χ0v) is 16.3. The van der Waals surface area contributed by atoms with Gasteiger partial charge in [-0.15, -0.1) is 0 Å². The summed E-state index contributed by atoms with van der Waals surface area (Å²) in [4.78, 5) is 30.7. The first kappa shape index (κ1) is 18.9. The Kier molecular flexibility index (Phi) is 4.41. The van der Waals surface area contributed by atoms with Gasteiger partial charge >= 0.3 is 0 Å². The van der Waals surface area contributed by atoms with Crippen LogP contribution < -0.4 is 0 Å². The van der Waals surface area contributed by atoms with Crippen molar-refractivity contribution in [2.45, 2.75) is 44.6 Å². The first-order chi connectivity index (χ1) is 13.2. The minimum absolute atomic E-state index is 0.0291. The van der Waals surface area contributed by atoms with Gasteiger partial charge in [0.25, 0.3) is 0 Å². The molecule has 1 fully saturated rings. The van der Waals surface area contributed by atoms with Crippen molar-refractivity contribution in [3.8, 4) is 5.75 Å². The molecular weight excluding hydrogens is 360 g/mol. The number of aliphatic hydroxyl groups excluding tert-OH is 1. The minimum atomic E-state index is -0.653. The van der Waals surface area contributed by atoms with Crippen LogP contribution in [0.25, 0.3) is 0 Å². The van der Waals surface area contributed by atoms with Crippen molar-refractivity contribution in [3.05, 3.63) is 51.8 Å². The highest BCUT2D eigenvalue weighted by molar-refractivity contribution is 6.29. The summed E-state index contributed by atoms with van der Waals surface area (Å²) in [5, 5.41) is 21.4. The molecule has 2 aliphatic rings. The Bertz CT molecular complexity index is 977. The van der Waals surface area contributed by atoms with E-state index >= 15 is 0 Å². The third-order valence-electron chi connectivity index (χ3n) is 5.95. The number of ketones is 2. The van der Waals surface area contributed by atoms with E-state index in [0.717, 1.165) is 0 Å². The Labute approximate surface area is 162 Å². The summed E-state index contributed by atoms with van der Waals surface area (Å²) >= 11 is 0. The molecule has 4 rings (SSSR count). The number of nitrogens with zero attached hydrogens (tertiary/aromatic N) is 1. The first-order valence-corrected chi connectivity index (χ1v) is 9.35. The largest absolute Gasteiger partial charge is 0.507 e. The molecule has 7 nitrogen and oxygen atoms in total. The van der Waals surface area contributed by atoms with Crippen LogP contribution in [0.4, 0.5) is 0 Å². The van der Waals surface area contributed by atoms with Gasteiger partial charge in [-0.2, -0.15) is 0 Å². The van der Waals surface area contributed by atoms with Crippen LogP contribution in [0.5, 0.6) is 5.75 Å². The van der Waals surface area contributed by atoms with E-state index in [9.17, 15) is 19.8 Å². The fourth-order valence-corrected chi connectivity index (χ4v) is 4.34. The van der Waals surface area contributed by atoms with Gasteiger partial charge in [-0.1, -0.05) is 6.07 Å². The molecule has 148 valence electrons. The number of hydrogen-bond donors (Lipinski definition) is 3. The van der Waals surface area contributed by atoms with Gasteiger partial charge in [-0.3, -0.25) is 9.59 Å². The average Bonchev–Trinajstić information content (AvgIpc) is 3.03. The molecule has 0 amide bonds. The topological polar surface area (TPSA) is 103 Å². The molecule has 0 bridgehead atoms. The third-order valence-corrected chi connectivity index (χ3v) is 5.95. The number of benzene rings is 1. The number of nitrogens with one attached hydrogen (secondary N) is 1. The van der Waals surface area contributed by atoms with Gasteiger partial charge in [0.05, 0.1) is 35.0 Å². The van der Waals surface area contributed by atoms with Crippen molar-refractivity contribution in [1.82, 2.24) is 9.88 Å². The van der Waals surface area contributed by atoms with E-state index in [0.29, 0.717) is 28.8 Å². The number of aromatic nitrogens is 1. The van der Waals surface area contributed by atoms with Crippen molar-refractivity contribution in [3.63, 3.8) is 0 Å². The fourth-order valence-electron chi connectivity index (χ4n) is 4.34. The van der Waals surface area contributed by atoms with Gasteiger partial charge < -0.3 is 24.8 Å². The quantitative estimate of drug-likeness (QED) is 0.624. The molecule has 1 aliphatic carbocycles. The van der Waals surface area contributed by atoms with Gasteiger partial charge in [0.2, 0.25) is 0 Å². The van der Waals surface area contributed by atoms with Crippen LogP contribution in [0.1, 0.15) is 62.5 Å². The molecule has 7 heteroatoms. The van der Waals surface area contributed by atoms with E-state index in [2.05, 4.69) is 4.98 Å². The Hall–Kier alpha value is -2.48. The zero-order chi connectivity index (χ0) is 20.3. The Balaban J connectivity index is 1.79. The van der Waals surface area contributed by atoms with Crippen molar-refractivity contribution in [1.29, 1.82) is 0 Å². The van der Waals surface area contributed by atoms with E-state index in [1.807, 2.05) is 19.0 Å². The Morgan fingerprint density at radius 3 is 2.54 bits per heavy atom. The molecule has 2 heterocycles. The van der Waals surface area contributed by atoms with Crippen molar-refractivity contribution in [2.24, 2.45) is 0 Å². The summed E-state index contributed by atoms with van der Waals surface area (Å²) in [7, 11) is 3.77. The number of aliphatic hydroxyl groups is 1. The van der Waals surface area contributed by atoms with E-state index < -0.39 is 18.3 Å². The number of H-pyrrole nitrogens is 1. The number of ether oxygens (including phenoxy) is 1. The number of phenols is 1. The highest BCUT2D eigenvalue weighted by Gasteiger charge is 2.40. The van der Waals surface area contributed by atoms with E-state index in [-0.39, 0.29) is 34.5 Å². The molecule has 1 aromatic carbocycles. The van der Waals surface area contributed by atoms with Crippen molar-refractivity contribution >= 4 is 11.6 Å². The predicted octanol–water partition coefficient (Wildman–Crippen LogP) is 1.95. The average molecular weight is 384 g/mol. The van der Waals surface area contributed by atoms with Crippen LogP contribution in [-0.2, 0) is 4.74 Å². The molecule has 0 radical (unpaired) electrons. The molecule has 28 heavy (non-hydrogen) atoms. The second-order valence-electron chi connectivity index (χ2n) is 7.87. The van der Waals surface area contributed by atoms with E-state index in [1.165, 1.54) is 6.20 Å². The molecule has 0 saturated carbocycles. The molecule has 3 N–H and O–H groups in total. The van der Waals surface area contributed by atoms with Crippen molar-refractivity contribution < 1.29 is 24.5 Å². The molecule has 2 aromatic rings. The van der Waals surface area contributed by atoms with Gasteiger partial charge in [-0.25, -0.2) is 0 Å². The van der Waals surface area contributed by atoms with Crippen molar-refractivity contribution in [2.75, 3.05) is 14.1 Å². The maximum Gasteiger partial charge on any atom is 0.200 e. The summed E-state index contributed by atoms with van der Waals surface area (Å²) in [6, 6.07) is 3.07. The van der Waals surface area contributed by atoms with Gasteiger partial charge in [0.1, 0.15) is 5.75 Å². The van der Waals surface area contributed by atoms with Gasteiger partial charge in [0, 0.05) is 29.1 Å². The zero-order valence-electron chi connectivity index (χ0n) is 16.3. The fraction of sp³-hybridized carbons (Fsp3) is 0.429. The van der Waals surface area contributed by atoms with Gasteiger partial charge in [-0.05, 0) is 40.4 Å². The summed E-state index contributed by atoms with van der Waals surface area (Å²) in [5.41, 5.74) is 1.93. The highest BCUT2D eigenvalue weighted by Crippen LogP contribution is 2.42. The van der Waals surface area contributed by atoms with Crippen LogP contribution >= 0.6 is 0 Å². The molecule has 1 aliphatic heterocycles. The lowest BCUT2D eigenvalue weighted by Gasteiger charge is -2.41. The number of rotatable bonds is 2. The second-order valence-corrected chi connectivity index (χ2v) is 7.87. The van der Waals surface area contributed by atoms with Crippen LogP contribution in [0, 0.1) is 6.92 Å². The maximum atomic E-state index is 13.1. The predicted molar refractivity (Wildman–Crippen MR) is 102 cm³/mol. The number of aromatic amines is 1. The highest BCUT2D eigenvalue weighted by atomic mass is 16.5. The number of carbonyl (C=O) groups is 2. The number of aryl methyl sites for hydroxylation is 1. The lowest BCUT2D eigenvalue weighted by atomic mass is 9.82. The standard InChI is InChI=1S/C21H24N2O5/c1-9-16-13(8-22-9)19(25)12-6-5-11(20(26)17(12)21(16)27)15-7-14(23(3)4)18(24)10(2)28-15/h5-6,8,10,14-15,18,22,24,26H,7H2,1-4H3/t10-,14-,15-,18-/m1/s1. The minimum Gasteiger partial charge on any atom is -0.507 e. The smallest absolute Gasteiger partial charge is 0.200 e. The maximum absolute atomic E-state index is 13.1. The number of fused-ring (bicyclic) bond motifs is 2. The molecule has 0 unspecified atom stereocenters. The second kappa shape index (κ2) is 6.55. The number of carbonyl (C=O) groups excluding carboxylic acids is 2. The number of aromatic hydroxyl groups is 1. The van der Waals surface area contributed by atoms with Crippen LogP contribution in [-0.4, -0.2) is 64.0 Å². The summed E-state index contributed by atoms with van der Waals surface area (Å²) in [6.07, 6.45) is 0.416. The molecular formula is C21H24N2O5.